The number of anilines is 2. The first-order valence-electron chi connectivity index (χ1n) is 4.61. The number of nitrogens with zero attached hydrogens (tertiary/aromatic N) is 3. The molecular formula is C8H12N4O2S. The Hall–Kier alpha value is -1.37. The van der Waals surface area contributed by atoms with Gasteiger partial charge in [-0.15, -0.1) is 0 Å². The number of sulfone groups is 1. The second-order valence-electron chi connectivity index (χ2n) is 3.42. The van der Waals surface area contributed by atoms with Crippen molar-refractivity contribution in [2.75, 3.05) is 35.2 Å². The third-order valence-electron chi connectivity index (χ3n) is 2.29. The van der Waals surface area contributed by atoms with Crippen molar-refractivity contribution in [3.05, 3.63) is 12.3 Å². The third-order valence-corrected chi connectivity index (χ3v) is 3.90. The van der Waals surface area contributed by atoms with Crippen molar-refractivity contribution < 1.29 is 8.42 Å². The molecule has 15 heavy (non-hydrogen) atoms. The van der Waals surface area contributed by atoms with Crippen LogP contribution in [0.5, 0.6) is 0 Å². The highest BCUT2D eigenvalue weighted by Gasteiger charge is 2.23. The fraction of sp³-hybridized carbons (Fsp3) is 0.500. The maximum Gasteiger partial charge on any atom is 0.227 e. The standard InChI is InChI=1S/C8H12N4O2S/c9-7-1-2-10-8(11-7)12-3-5-15(13,14)6-4-12/h1-2H,3-6H2,(H2,9,10,11). The quantitative estimate of drug-likeness (QED) is 0.683. The van der Waals surface area contributed by atoms with Crippen LogP contribution in [0.15, 0.2) is 12.3 Å². The molecule has 0 radical (unpaired) electrons. The van der Waals surface area contributed by atoms with Gasteiger partial charge >= 0.3 is 0 Å². The summed E-state index contributed by atoms with van der Waals surface area (Å²) in [6, 6.07) is 1.60. The molecule has 1 aliphatic heterocycles. The molecule has 2 heterocycles. The number of aromatic nitrogens is 2. The van der Waals surface area contributed by atoms with Crippen molar-refractivity contribution in [3.8, 4) is 0 Å². The molecular weight excluding hydrogens is 216 g/mol. The van der Waals surface area contributed by atoms with Crippen molar-refractivity contribution in [3.63, 3.8) is 0 Å². The zero-order valence-corrected chi connectivity index (χ0v) is 8.94. The van der Waals surface area contributed by atoms with E-state index >= 15 is 0 Å². The first-order valence-corrected chi connectivity index (χ1v) is 6.43. The van der Waals surface area contributed by atoms with Gasteiger partial charge in [-0.05, 0) is 6.07 Å². The lowest BCUT2D eigenvalue weighted by atomic mass is 10.5. The van der Waals surface area contributed by atoms with Crippen molar-refractivity contribution in [2.24, 2.45) is 0 Å². The summed E-state index contributed by atoms with van der Waals surface area (Å²) in [6.07, 6.45) is 1.57. The van der Waals surface area contributed by atoms with E-state index in [2.05, 4.69) is 9.97 Å². The Morgan fingerprint density at radius 3 is 2.60 bits per heavy atom. The third kappa shape index (κ3) is 2.35. The Bertz CT molecular complexity index is 445. The first-order chi connectivity index (χ1) is 7.07. The van der Waals surface area contributed by atoms with Crippen LogP contribution in [0.25, 0.3) is 0 Å². The molecule has 2 rings (SSSR count). The molecule has 0 aliphatic carbocycles. The molecule has 7 heteroatoms. The van der Waals surface area contributed by atoms with E-state index in [9.17, 15) is 8.42 Å². The Balaban J connectivity index is 2.14. The van der Waals surface area contributed by atoms with Gasteiger partial charge in [-0.25, -0.2) is 13.4 Å². The minimum atomic E-state index is -2.86. The van der Waals surface area contributed by atoms with Gasteiger partial charge in [0.2, 0.25) is 5.95 Å². The summed E-state index contributed by atoms with van der Waals surface area (Å²) in [7, 11) is -2.86. The molecule has 0 amide bonds. The van der Waals surface area contributed by atoms with Crippen molar-refractivity contribution >= 4 is 21.6 Å². The summed E-state index contributed by atoms with van der Waals surface area (Å²) < 4.78 is 22.4. The summed E-state index contributed by atoms with van der Waals surface area (Å²) in [5.41, 5.74) is 5.52. The second-order valence-corrected chi connectivity index (χ2v) is 5.72. The highest BCUT2D eigenvalue weighted by atomic mass is 32.2. The van der Waals surface area contributed by atoms with E-state index in [1.165, 1.54) is 0 Å². The molecule has 1 aliphatic rings. The van der Waals surface area contributed by atoms with E-state index in [0.29, 0.717) is 24.9 Å². The zero-order chi connectivity index (χ0) is 10.9. The van der Waals surface area contributed by atoms with Crippen molar-refractivity contribution in [1.82, 2.24) is 9.97 Å². The fourth-order valence-corrected chi connectivity index (χ4v) is 2.63. The highest BCUT2D eigenvalue weighted by molar-refractivity contribution is 7.91. The summed E-state index contributed by atoms with van der Waals surface area (Å²) >= 11 is 0. The highest BCUT2D eigenvalue weighted by Crippen LogP contribution is 2.12. The van der Waals surface area contributed by atoms with Crippen LogP contribution in [-0.2, 0) is 9.84 Å². The zero-order valence-electron chi connectivity index (χ0n) is 8.13. The van der Waals surface area contributed by atoms with Crippen LogP contribution in [0.3, 0.4) is 0 Å². The van der Waals surface area contributed by atoms with Crippen LogP contribution in [0, 0.1) is 0 Å². The predicted octanol–water partition coefficient (Wildman–Crippen LogP) is -0.706. The molecule has 0 spiro atoms. The van der Waals surface area contributed by atoms with Crippen LogP contribution in [0.2, 0.25) is 0 Å². The SMILES string of the molecule is Nc1ccnc(N2CCS(=O)(=O)CC2)n1. The lowest BCUT2D eigenvalue weighted by Gasteiger charge is -2.26. The molecule has 0 unspecified atom stereocenters. The number of hydrogen-bond acceptors (Lipinski definition) is 6. The lowest BCUT2D eigenvalue weighted by molar-refractivity contribution is 0.585. The Morgan fingerprint density at radius 2 is 2.00 bits per heavy atom. The molecule has 1 aromatic rings. The van der Waals surface area contributed by atoms with Gasteiger partial charge in [0.1, 0.15) is 5.82 Å². The summed E-state index contributed by atoms with van der Waals surface area (Å²) in [4.78, 5) is 9.92. The van der Waals surface area contributed by atoms with E-state index in [-0.39, 0.29) is 11.5 Å². The molecule has 0 saturated carbocycles. The van der Waals surface area contributed by atoms with Crippen molar-refractivity contribution in [1.29, 1.82) is 0 Å². The Morgan fingerprint density at radius 1 is 1.33 bits per heavy atom. The van der Waals surface area contributed by atoms with Crippen LogP contribution < -0.4 is 10.6 Å². The summed E-state index contributed by atoms with van der Waals surface area (Å²) in [5.74, 6) is 1.22. The van der Waals surface area contributed by atoms with E-state index in [1.54, 1.807) is 12.3 Å². The number of nitrogens with two attached hydrogens (primary N) is 1. The molecule has 1 fully saturated rings. The molecule has 0 aromatic carbocycles. The maximum atomic E-state index is 11.2. The van der Waals surface area contributed by atoms with E-state index in [4.69, 9.17) is 5.73 Å². The largest absolute Gasteiger partial charge is 0.384 e. The van der Waals surface area contributed by atoms with Crippen LogP contribution in [-0.4, -0.2) is 43.0 Å². The van der Waals surface area contributed by atoms with Gasteiger partial charge in [-0.2, -0.15) is 4.98 Å². The van der Waals surface area contributed by atoms with E-state index < -0.39 is 9.84 Å². The minimum absolute atomic E-state index is 0.158. The maximum absolute atomic E-state index is 11.2. The van der Waals surface area contributed by atoms with E-state index in [0.717, 1.165) is 0 Å². The topological polar surface area (TPSA) is 89.2 Å². The molecule has 0 atom stereocenters. The smallest absolute Gasteiger partial charge is 0.227 e. The molecule has 6 nitrogen and oxygen atoms in total. The van der Waals surface area contributed by atoms with Gasteiger partial charge in [-0.1, -0.05) is 0 Å². The summed E-state index contributed by atoms with van der Waals surface area (Å²) in [6.45, 7) is 0.873. The monoisotopic (exact) mass is 228 g/mol. The van der Waals surface area contributed by atoms with Gasteiger partial charge in [0.05, 0.1) is 11.5 Å². The first kappa shape index (κ1) is 10.2. The number of hydrogen-bond donors (Lipinski definition) is 1. The van der Waals surface area contributed by atoms with Crippen LogP contribution in [0.4, 0.5) is 11.8 Å². The summed E-state index contributed by atoms with van der Waals surface area (Å²) in [5, 5.41) is 0. The molecule has 1 aromatic heterocycles. The molecule has 2 N–H and O–H groups in total. The Kier molecular flexibility index (Phi) is 2.47. The lowest BCUT2D eigenvalue weighted by Crippen LogP contribution is -2.41. The van der Waals surface area contributed by atoms with Crippen LogP contribution >= 0.6 is 0 Å². The minimum Gasteiger partial charge on any atom is -0.384 e. The van der Waals surface area contributed by atoms with Gasteiger partial charge in [0.25, 0.3) is 0 Å². The van der Waals surface area contributed by atoms with Gasteiger partial charge in [0.15, 0.2) is 9.84 Å². The molecule has 0 bridgehead atoms. The number of nitrogen functional groups attached to an aromatic ring is 1. The Labute approximate surface area is 88.0 Å². The second kappa shape index (κ2) is 3.65. The predicted molar refractivity (Wildman–Crippen MR) is 57.3 cm³/mol. The fourth-order valence-electron chi connectivity index (χ4n) is 1.43. The molecule has 82 valence electrons. The van der Waals surface area contributed by atoms with Gasteiger partial charge < -0.3 is 10.6 Å². The van der Waals surface area contributed by atoms with Crippen LogP contribution in [0.1, 0.15) is 0 Å². The normalized spacial score (nSPS) is 20.1. The average Bonchev–Trinajstić information content (AvgIpc) is 2.17. The van der Waals surface area contributed by atoms with E-state index in [1.807, 2.05) is 4.90 Å². The van der Waals surface area contributed by atoms with Gasteiger partial charge in [0, 0.05) is 19.3 Å². The van der Waals surface area contributed by atoms with Gasteiger partial charge in [-0.3, -0.25) is 0 Å². The van der Waals surface area contributed by atoms with Crippen molar-refractivity contribution in [2.45, 2.75) is 0 Å². The average molecular weight is 228 g/mol. The molecule has 1 saturated heterocycles. The number of rotatable bonds is 1.